The molecule has 0 saturated heterocycles. The molecule has 0 saturated carbocycles. The molecular formula is C16H9BrO3. The van der Waals surface area contributed by atoms with Gasteiger partial charge in [-0.3, -0.25) is 0 Å². The van der Waals surface area contributed by atoms with E-state index < -0.39 is 0 Å². The van der Waals surface area contributed by atoms with E-state index >= 15 is 0 Å². The number of rotatable bonds is 0. The number of aryl methyl sites for hydroxylation is 1. The summed E-state index contributed by atoms with van der Waals surface area (Å²) in [6.45, 7) is 1.96. The molecule has 0 N–H and O–H groups in total. The Morgan fingerprint density at radius 1 is 0.950 bits per heavy atom. The highest BCUT2D eigenvalue weighted by Crippen LogP contribution is 2.33. The first kappa shape index (κ1) is 11.7. The topological polar surface area (TPSA) is 43.4 Å². The number of hydrogen-bond donors (Lipinski definition) is 0. The van der Waals surface area contributed by atoms with Crippen molar-refractivity contribution >= 4 is 48.8 Å². The van der Waals surface area contributed by atoms with Crippen LogP contribution in [0, 0.1) is 6.92 Å². The Hall–Kier alpha value is -2.07. The van der Waals surface area contributed by atoms with Crippen molar-refractivity contribution in [3.63, 3.8) is 0 Å². The highest BCUT2D eigenvalue weighted by atomic mass is 79.9. The standard InChI is InChI=1S/C16H9BrO3/c1-8-2-4-11-12(6-8)20-16(18)14-10-5-3-9(17)7-13(10)19-15(11)14/h2-7H,1H3. The van der Waals surface area contributed by atoms with Gasteiger partial charge in [0.2, 0.25) is 0 Å². The minimum atomic E-state index is -0.362. The van der Waals surface area contributed by atoms with Crippen molar-refractivity contribution in [3.05, 3.63) is 56.9 Å². The molecule has 0 aliphatic heterocycles. The molecular weight excluding hydrogens is 320 g/mol. The molecule has 0 atom stereocenters. The lowest BCUT2D eigenvalue weighted by Crippen LogP contribution is -1.98. The van der Waals surface area contributed by atoms with Gasteiger partial charge in [0, 0.05) is 9.86 Å². The van der Waals surface area contributed by atoms with Gasteiger partial charge in [-0.1, -0.05) is 22.0 Å². The zero-order chi connectivity index (χ0) is 13.9. The van der Waals surface area contributed by atoms with Gasteiger partial charge in [0.05, 0.1) is 5.39 Å². The molecule has 2 aromatic carbocycles. The second-order valence-corrected chi connectivity index (χ2v) is 5.75. The summed E-state index contributed by atoms with van der Waals surface area (Å²) in [5.74, 6) is 0. The van der Waals surface area contributed by atoms with E-state index in [1.165, 1.54) is 0 Å². The molecule has 3 nitrogen and oxygen atoms in total. The van der Waals surface area contributed by atoms with E-state index in [1.807, 2.05) is 43.3 Å². The Bertz CT molecular complexity index is 1040. The number of hydrogen-bond acceptors (Lipinski definition) is 3. The quantitative estimate of drug-likeness (QED) is 0.437. The lowest BCUT2D eigenvalue weighted by molar-refractivity contribution is 0.566. The first-order chi connectivity index (χ1) is 9.63. The van der Waals surface area contributed by atoms with Gasteiger partial charge < -0.3 is 8.83 Å². The Morgan fingerprint density at radius 3 is 2.55 bits per heavy atom. The van der Waals surface area contributed by atoms with E-state index in [9.17, 15) is 4.79 Å². The first-order valence-electron chi connectivity index (χ1n) is 6.19. The fourth-order valence-corrected chi connectivity index (χ4v) is 2.86. The molecule has 2 heterocycles. The molecule has 0 radical (unpaired) electrons. The van der Waals surface area contributed by atoms with Crippen LogP contribution in [0.1, 0.15) is 5.56 Å². The van der Waals surface area contributed by atoms with Crippen molar-refractivity contribution in [1.29, 1.82) is 0 Å². The predicted octanol–water partition coefficient (Wildman–Crippen LogP) is 4.76. The molecule has 20 heavy (non-hydrogen) atoms. The number of benzene rings is 2. The molecule has 0 unspecified atom stereocenters. The van der Waals surface area contributed by atoms with Gasteiger partial charge in [-0.2, -0.15) is 0 Å². The zero-order valence-electron chi connectivity index (χ0n) is 10.6. The van der Waals surface area contributed by atoms with Crippen molar-refractivity contribution < 1.29 is 8.83 Å². The predicted molar refractivity (Wildman–Crippen MR) is 82.2 cm³/mol. The highest BCUT2D eigenvalue weighted by molar-refractivity contribution is 9.10. The summed E-state index contributed by atoms with van der Waals surface area (Å²) < 4.78 is 12.2. The maximum absolute atomic E-state index is 12.2. The minimum absolute atomic E-state index is 0.362. The van der Waals surface area contributed by atoms with E-state index in [0.717, 1.165) is 20.8 Å². The van der Waals surface area contributed by atoms with Crippen molar-refractivity contribution in [3.8, 4) is 0 Å². The molecule has 4 heteroatoms. The first-order valence-corrected chi connectivity index (χ1v) is 6.98. The van der Waals surface area contributed by atoms with Gasteiger partial charge in [0.1, 0.15) is 16.6 Å². The van der Waals surface area contributed by atoms with Crippen molar-refractivity contribution in [2.75, 3.05) is 0 Å². The van der Waals surface area contributed by atoms with Gasteiger partial charge in [-0.15, -0.1) is 0 Å². The summed E-state index contributed by atoms with van der Waals surface area (Å²) in [6, 6.07) is 11.4. The Morgan fingerprint density at radius 2 is 1.70 bits per heavy atom. The minimum Gasteiger partial charge on any atom is -0.455 e. The maximum atomic E-state index is 12.2. The third kappa shape index (κ3) is 1.55. The van der Waals surface area contributed by atoms with E-state index in [2.05, 4.69) is 15.9 Å². The van der Waals surface area contributed by atoms with E-state index in [1.54, 1.807) is 0 Å². The van der Waals surface area contributed by atoms with Crippen LogP contribution in [-0.2, 0) is 0 Å². The monoisotopic (exact) mass is 328 g/mol. The molecule has 4 aromatic rings. The smallest absolute Gasteiger partial charge is 0.348 e. The average Bonchev–Trinajstić information content (AvgIpc) is 2.77. The zero-order valence-corrected chi connectivity index (χ0v) is 12.2. The van der Waals surface area contributed by atoms with E-state index in [-0.39, 0.29) is 5.63 Å². The number of halogens is 1. The van der Waals surface area contributed by atoms with Gasteiger partial charge in [-0.25, -0.2) is 4.79 Å². The van der Waals surface area contributed by atoms with Crippen LogP contribution in [0.2, 0.25) is 0 Å². The number of furan rings is 1. The maximum Gasteiger partial charge on any atom is 0.348 e. The van der Waals surface area contributed by atoms with E-state index in [4.69, 9.17) is 8.83 Å². The van der Waals surface area contributed by atoms with E-state index in [0.29, 0.717) is 22.1 Å². The second-order valence-electron chi connectivity index (χ2n) is 4.84. The highest BCUT2D eigenvalue weighted by Gasteiger charge is 2.15. The Kier molecular flexibility index (Phi) is 2.32. The summed E-state index contributed by atoms with van der Waals surface area (Å²) >= 11 is 3.41. The molecule has 0 spiro atoms. The van der Waals surface area contributed by atoms with Gasteiger partial charge in [0.15, 0.2) is 5.58 Å². The van der Waals surface area contributed by atoms with Gasteiger partial charge in [0.25, 0.3) is 0 Å². The molecule has 98 valence electrons. The molecule has 4 rings (SSSR count). The van der Waals surface area contributed by atoms with Crippen LogP contribution in [0.25, 0.3) is 32.9 Å². The van der Waals surface area contributed by atoms with Gasteiger partial charge >= 0.3 is 5.63 Å². The summed E-state index contributed by atoms with van der Waals surface area (Å²) in [5.41, 5.74) is 2.50. The molecule has 0 bridgehead atoms. The summed E-state index contributed by atoms with van der Waals surface area (Å²) in [6.07, 6.45) is 0. The molecule has 0 fully saturated rings. The normalized spacial score (nSPS) is 11.7. The SMILES string of the molecule is Cc1ccc2c(c1)oc(=O)c1c3ccc(Br)cc3oc21. The lowest BCUT2D eigenvalue weighted by Gasteiger charge is -1.98. The molecule has 0 amide bonds. The molecule has 0 aliphatic rings. The van der Waals surface area contributed by atoms with Crippen LogP contribution in [0.5, 0.6) is 0 Å². The van der Waals surface area contributed by atoms with Gasteiger partial charge in [-0.05, 0) is 42.8 Å². The lowest BCUT2D eigenvalue weighted by atomic mass is 10.1. The number of fused-ring (bicyclic) bond motifs is 5. The average molecular weight is 329 g/mol. The Balaban J connectivity index is 2.32. The van der Waals surface area contributed by atoms with Crippen LogP contribution in [-0.4, -0.2) is 0 Å². The molecule has 0 aliphatic carbocycles. The van der Waals surface area contributed by atoms with Crippen LogP contribution in [0.15, 0.2) is 54.5 Å². The molecule has 2 aromatic heterocycles. The van der Waals surface area contributed by atoms with Crippen LogP contribution >= 0.6 is 15.9 Å². The van der Waals surface area contributed by atoms with Crippen LogP contribution in [0.3, 0.4) is 0 Å². The summed E-state index contributed by atoms with van der Waals surface area (Å²) in [5, 5.41) is 2.10. The largest absolute Gasteiger partial charge is 0.455 e. The van der Waals surface area contributed by atoms with Crippen molar-refractivity contribution in [2.45, 2.75) is 6.92 Å². The van der Waals surface area contributed by atoms with Crippen LogP contribution in [0.4, 0.5) is 0 Å². The van der Waals surface area contributed by atoms with Crippen LogP contribution < -0.4 is 5.63 Å². The Labute approximate surface area is 121 Å². The van der Waals surface area contributed by atoms with Crippen molar-refractivity contribution in [2.24, 2.45) is 0 Å². The fraction of sp³-hybridized carbons (Fsp3) is 0.0625. The third-order valence-electron chi connectivity index (χ3n) is 3.44. The summed E-state index contributed by atoms with van der Waals surface area (Å²) in [7, 11) is 0. The summed E-state index contributed by atoms with van der Waals surface area (Å²) in [4.78, 5) is 12.2. The fourth-order valence-electron chi connectivity index (χ4n) is 2.52. The third-order valence-corrected chi connectivity index (χ3v) is 3.93. The second kappa shape index (κ2) is 3.96. The van der Waals surface area contributed by atoms with Crippen molar-refractivity contribution in [1.82, 2.24) is 0 Å².